The van der Waals surface area contributed by atoms with Crippen LogP contribution in [-0.4, -0.2) is 47.1 Å². The van der Waals surface area contributed by atoms with E-state index in [-0.39, 0.29) is 24.4 Å². The Balaban J connectivity index is 1.87. The Hall–Kier alpha value is -1.82. The fraction of sp³-hybridized carbons (Fsp3) is 0.600. The van der Waals surface area contributed by atoms with Gasteiger partial charge in [-0.25, -0.2) is 0 Å². The van der Waals surface area contributed by atoms with Gasteiger partial charge in [0.15, 0.2) is 0 Å². The molecule has 1 aromatic heterocycles. The number of amides is 2. The fourth-order valence-corrected chi connectivity index (χ4v) is 2.78. The number of aliphatic hydroxyl groups excluding tert-OH is 1. The molecule has 116 valence electrons. The number of nitrogens with one attached hydrogen (secondary N) is 1. The summed E-state index contributed by atoms with van der Waals surface area (Å²) in [6.45, 7) is 4.09. The third-order valence-electron chi connectivity index (χ3n) is 3.81. The number of carbonyl (C=O) groups is 2. The van der Waals surface area contributed by atoms with Crippen LogP contribution >= 0.6 is 0 Å². The van der Waals surface area contributed by atoms with E-state index in [1.165, 1.54) is 6.26 Å². The molecule has 21 heavy (non-hydrogen) atoms. The van der Waals surface area contributed by atoms with Gasteiger partial charge in [0.05, 0.1) is 24.5 Å². The predicted octanol–water partition coefficient (Wildman–Crippen LogP) is 1.08. The van der Waals surface area contributed by atoms with Crippen LogP contribution in [0.1, 0.15) is 42.3 Å². The maximum Gasteiger partial charge on any atom is 0.255 e. The second-order valence-corrected chi connectivity index (χ2v) is 5.54. The lowest BCUT2D eigenvalue weighted by atomic mass is 10.1. The summed E-state index contributed by atoms with van der Waals surface area (Å²) in [4.78, 5) is 25.9. The van der Waals surface area contributed by atoms with Crippen molar-refractivity contribution >= 4 is 11.8 Å². The molecule has 1 aliphatic heterocycles. The van der Waals surface area contributed by atoms with Crippen molar-refractivity contribution in [2.75, 3.05) is 13.1 Å². The summed E-state index contributed by atoms with van der Waals surface area (Å²) in [5.41, 5.74) is 0.449. The van der Waals surface area contributed by atoms with E-state index in [4.69, 9.17) is 4.42 Å². The number of hydrogen-bond donors (Lipinski definition) is 2. The summed E-state index contributed by atoms with van der Waals surface area (Å²) < 4.78 is 5.07. The predicted molar refractivity (Wildman–Crippen MR) is 76.8 cm³/mol. The zero-order valence-corrected chi connectivity index (χ0v) is 12.5. The summed E-state index contributed by atoms with van der Waals surface area (Å²) in [7, 11) is 0. The second kappa shape index (κ2) is 6.76. The van der Waals surface area contributed by atoms with E-state index < -0.39 is 6.10 Å². The summed E-state index contributed by atoms with van der Waals surface area (Å²) in [6.07, 6.45) is 3.46. The molecule has 2 heterocycles. The summed E-state index contributed by atoms with van der Waals surface area (Å²) in [6, 6.07) is 1.66. The lowest BCUT2D eigenvalue weighted by Crippen LogP contribution is -2.43. The highest BCUT2D eigenvalue weighted by Crippen LogP contribution is 2.21. The van der Waals surface area contributed by atoms with Crippen molar-refractivity contribution in [3.63, 3.8) is 0 Å². The van der Waals surface area contributed by atoms with Crippen molar-refractivity contribution in [1.82, 2.24) is 10.2 Å². The van der Waals surface area contributed by atoms with Gasteiger partial charge in [-0.05, 0) is 39.2 Å². The molecule has 2 N–H and O–H groups in total. The third-order valence-corrected chi connectivity index (χ3v) is 3.81. The number of hydrogen-bond acceptors (Lipinski definition) is 4. The second-order valence-electron chi connectivity index (χ2n) is 5.54. The van der Waals surface area contributed by atoms with Crippen molar-refractivity contribution in [1.29, 1.82) is 0 Å². The minimum atomic E-state index is -0.424. The maximum absolute atomic E-state index is 12.2. The molecule has 0 aliphatic carbocycles. The number of carbonyl (C=O) groups excluding carboxylic acids is 2. The first-order chi connectivity index (χ1) is 9.99. The SMILES string of the molecule is Cc1occc1C(=O)NCC(=O)N1CCC[C@@H]1C[C@H](C)O. The highest BCUT2D eigenvalue weighted by molar-refractivity contribution is 5.97. The molecule has 0 bridgehead atoms. The van der Waals surface area contributed by atoms with Gasteiger partial charge < -0.3 is 19.7 Å². The zero-order valence-electron chi connectivity index (χ0n) is 12.5. The van der Waals surface area contributed by atoms with Gasteiger partial charge in [0.2, 0.25) is 5.91 Å². The molecule has 6 heteroatoms. The zero-order chi connectivity index (χ0) is 15.4. The van der Waals surface area contributed by atoms with E-state index in [9.17, 15) is 14.7 Å². The standard InChI is InChI=1S/C15H22N2O4/c1-10(18)8-12-4-3-6-17(12)14(19)9-16-15(20)13-5-7-21-11(13)2/h5,7,10,12,18H,3-4,6,8-9H2,1-2H3,(H,16,20)/t10-,12+/m0/s1. The maximum atomic E-state index is 12.2. The molecule has 0 saturated carbocycles. The average Bonchev–Trinajstić information content (AvgIpc) is 3.04. The molecule has 1 aromatic rings. The van der Waals surface area contributed by atoms with Crippen LogP contribution in [0.3, 0.4) is 0 Å². The highest BCUT2D eigenvalue weighted by Gasteiger charge is 2.29. The molecule has 1 fully saturated rings. The molecular weight excluding hydrogens is 272 g/mol. The Bertz CT molecular complexity index is 510. The Morgan fingerprint density at radius 3 is 2.95 bits per heavy atom. The molecule has 0 spiro atoms. The molecule has 1 saturated heterocycles. The van der Waals surface area contributed by atoms with Gasteiger partial charge in [0, 0.05) is 12.6 Å². The molecule has 0 aromatic carbocycles. The normalized spacial score (nSPS) is 19.6. The first-order valence-corrected chi connectivity index (χ1v) is 7.29. The minimum Gasteiger partial charge on any atom is -0.469 e. The van der Waals surface area contributed by atoms with Crippen molar-refractivity contribution in [3.05, 3.63) is 23.7 Å². The Morgan fingerprint density at radius 1 is 1.57 bits per heavy atom. The van der Waals surface area contributed by atoms with Gasteiger partial charge in [-0.1, -0.05) is 0 Å². The quantitative estimate of drug-likeness (QED) is 0.851. The van der Waals surface area contributed by atoms with Crippen LogP contribution in [0.4, 0.5) is 0 Å². The number of aryl methyl sites for hydroxylation is 1. The Morgan fingerprint density at radius 2 is 2.33 bits per heavy atom. The van der Waals surface area contributed by atoms with Crippen LogP contribution in [0.15, 0.2) is 16.7 Å². The number of aliphatic hydroxyl groups is 1. The number of likely N-dealkylation sites (tertiary alicyclic amines) is 1. The third kappa shape index (κ3) is 3.85. The van der Waals surface area contributed by atoms with Crippen LogP contribution in [-0.2, 0) is 4.79 Å². The van der Waals surface area contributed by atoms with Crippen molar-refractivity contribution in [2.45, 2.75) is 45.3 Å². The van der Waals surface area contributed by atoms with Crippen LogP contribution < -0.4 is 5.32 Å². The van der Waals surface area contributed by atoms with Gasteiger partial charge in [-0.3, -0.25) is 9.59 Å². The van der Waals surface area contributed by atoms with Gasteiger partial charge in [-0.2, -0.15) is 0 Å². The van der Waals surface area contributed by atoms with Crippen molar-refractivity contribution in [2.24, 2.45) is 0 Å². The largest absolute Gasteiger partial charge is 0.469 e. The van der Waals surface area contributed by atoms with E-state index in [2.05, 4.69) is 5.32 Å². The van der Waals surface area contributed by atoms with E-state index >= 15 is 0 Å². The van der Waals surface area contributed by atoms with Gasteiger partial charge in [0.25, 0.3) is 5.91 Å². The minimum absolute atomic E-state index is 0.0280. The van der Waals surface area contributed by atoms with Crippen LogP contribution in [0.25, 0.3) is 0 Å². The van der Waals surface area contributed by atoms with E-state index in [0.29, 0.717) is 24.3 Å². The molecular formula is C15H22N2O4. The molecule has 2 rings (SSSR count). The molecule has 6 nitrogen and oxygen atoms in total. The fourth-order valence-electron chi connectivity index (χ4n) is 2.78. The lowest BCUT2D eigenvalue weighted by molar-refractivity contribution is -0.131. The molecule has 2 amide bonds. The van der Waals surface area contributed by atoms with E-state index in [1.807, 2.05) is 0 Å². The molecule has 2 atom stereocenters. The Labute approximate surface area is 124 Å². The van der Waals surface area contributed by atoms with Crippen molar-refractivity contribution in [3.8, 4) is 0 Å². The molecule has 0 radical (unpaired) electrons. The summed E-state index contributed by atoms with van der Waals surface area (Å²) >= 11 is 0. The average molecular weight is 294 g/mol. The first kappa shape index (κ1) is 15.6. The first-order valence-electron chi connectivity index (χ1n) is 7.29. The smallest absolute Gasteiger partial charge is 0.255 e. The molecule has 1 aliphatic rings. The lowest BCUT2D eigenvalue weighted by Gasteiger charge is -2.25. The van der Waals surface area contributed by atoms with E-state index in [0.717, 1.165) is 12.8 Å². The topological polar surface area (TPSA) is 82.8 Å². The number of furan rings is 1. The highest BCUT2D eigenvalue weighted by atomic mass is 16.3. The monoisotopic (exact) mass is 294 g/mol. The van der Waals surface area contributed by atoms with Gasteiger partial charge >= 0.3 is 0 Å². The van der Waals surface area contributed by atoms with Crippen LogP contribution in [0.2, 0.25) is 0 Å². The number of rotatable bonds is 5. The summed E-state index contributed by atoms with van der Waals surface area (Å²) in [5, 5.41) is 12.1. The van der Waals surface area contributed by atoms with Crippen molar-refractivity contribution < 1.29 is 19.1 Å². The van der Waals surface area contributed by atoms with Gasteiger partial charge in [0.1, 0.15) is 5.76 Å². The van der Waals surface area contributed by atoms with E-state index in [1.54, 1.807) is 24.8 Å². The van der Waals surface area contributed by atoms with Gasteiger partial charge in [-0.15, -0.1) is 0 Å². The summed E-state index contributed by atoms with van der Waals surface area (Å²) in [5.74, 6) is 0.127. The van der Waals surface area contributed by atoms with Crippen LogP contribution in [0.5, 0.6) is 0 Å². The molecule has 0 unspecified atom stereocenters. The Kier molecular flexibility index (Phi) is 5.01. The number of nitrogens with zero attached hydrogens (tertiary/aromatic N) is 1. The van der Waals surface area contributed by atoms with Crippen LogP contribution in [0, 0.1) is 6.92 Å².